The van der Waals surface area contributed by atoms with Crippen molar-refractivity contribution in [1.82, 2.24) is 4.98 Å². The molecule has 0 N–H and O–H groups in total. The second-order valence-corrected chi connectivity index (χ2v) is 4.13. The van der Waals surface area contributed by atoms with Crippen LogP contribution >= 0.6 is 0 Å². The number of aromatic nitrogens is 1. The molecule has 1 aromatic heterocycles. The molecule has 0 saturated heterocycles. The zero-order valence-electron chi connectivity index (χ0n) is 10.1. The van der Waals surface area contributed by atoms with Crippen molar-refractivity contribution in [1.29, 1.82) is 0 Å². The molecule has 1 aromatic carbocycles. The summed E-state index contributed by atoms with van der Waals surface area (Å²) in [6.45, 7) is 0. The summed E-state index contributed by atoms with van der Waals surface area (Å²) in [5.74, 6) is -1.45. The van der Waals surface area contributed by atoms with Gasteiger partial charge in [0, 0.05) is 12.6 Å². The molecular weight excluding hydrogens is 274 g/mol. The SMILES string of the molecule is O=C(Cc1cccc(C(F)(F)F)c1)c1ncccc1F. The monoisotopic (exact) mass is 283 g/mol. The van der Waals surface area contributed by atoms with E-state index in [2.05, 4.69) is 4.98 Å². The summed E-state index contributed by atoms with van der Waals surface area (Å²) < 4.78 is 51.0. The van der Waals surface area contributed by atoms with Crippen molar-refractivity contribution in [3.05, 3.63) is 65.2 Å². The zero-order valence-corrected chi connectivity index (χ0v) is 10.1. The molecule has 2 rings (SSSR count). The molecule has 0 aliphatic rings. The second kappa shape index (κ2) is 5.40. The van der Waals surface area contributed by atoms with Crippen molar-refractivity contribution in [2.45, 2.75) is 12.6 Å². The third-order valence-electron chi connectivity index (χ3n) is 2.64. The van der Waals surface area contributed by atoms with Gasteiger partial charge in [-0.25, -0.2) is 4.39 Å². The number of carbonyl (C=O) groups excluding carboxylic acids is 1. The summed E-state index contributed by atoms with van der Waals surface area (Å²) in [4.78, 5) is 15.4. The minimum Gasteiger partial charge on any atom is -0.292 e. The minimum absolute atomic E-state index is 0.162. The van der Waals surface area contributed by atoms with Gasteiger partial charge in [0.1, 0.15) is 5.69 Å². The van der Waals surface area contributed by atoms with E-state index >= 15 is 0 Å². The lowest BCUT2D eigenvalue weighted by Gasteiger charge is -2.08. The zero-order chi connectivity index (χ0) is 14.8. The molecule has 0 radical (unpaired) electrons. The fourth-order valence-corrected chi connectivity index (χ4v) is 1.72. The van der Waals surface area contributed by atoms with Crippen molar-refractivity contribution in [3.63, 3.8) is 0 Å². The minimum atomic E-state index is -4.48. The predicted octanol–water partition coefficient (Wildman–Crippen LogP) is 3.66. The largest absolute Gasteiger partial charge is 0.416 e. The molecule has 1 heterocycles. The predicted molar refractivity (Wildman–Crippen MR) is 63.7 cm³/mol. The first kappa shape index (κ1) is 14.2. The highest BCUT2D eigenvalue weighted by Crippen LogP contribution is 2.29. The Morgan fingerprint density at radius 2 is 1.90 bits per heavy atom. The van der Waals surface area contributed by atoms with E-state index in [1.807, 2.05) is 0 Å². The molecule has 0 bridgehead atoms. The molecule has 0 spiro atoms. The molecular formula is C14H9F4NO. The molecule has 0 atom stereocenters. The topological polar surface area (TPSA) is 30.0 Å². The number of Topliss-reactive ketones (excluding diaryl/α,β-unsaturated/α-hetero) is 1. The fourth-order valence-electron chi connectivity index (χ4n) is 1.72. The van der Waals surface area contributed by atoms with Gasteiger partial charge in [0.15, 0.2) is 11.6 Å². The van der Waals surface area contributed by atoms with Crippen LogP contribution in [0.15, 0.2) is 42.6 Å². The number of carbonyl (C=O) groups is 1. The Kier molecular flexibility index (Phi) is 3.83. The van der Waals surface area contributed by atoms with Crippen LogP contribution in [0.1, 0.15) is 21.6 Å². The number of pyridine rings is 1. The van der Waals surface area contributed by atoms with Crippen LogP contribution in [0.2, 0.25) is 0 Å². The first-order chi connectivity index (χ1) is 9.38. The van der Waals surface area contributed by atoms with E-state index in [0.29, 0.717) is 0 Å². The summed E-state index contributed by atoms with van der Waals surface area (Å²) in [6, 6.07) is 6.78. The summed E-state index contributed by atoms with van der Waals surface area (Å²) >= 11 is 0. The molecule has 104 valence electrons. The Morgan fingerprint density at radius 3 is 2.55 bits per heavy atom. The van der Waals surface area contributed by atoms with E-state index in [1.165, 1.54) is 24.4 Å². The number of nitrogens with zero attached hydrogens (tertiary/aromatic N) is 1. The van der Waals surface area contributed by atoms with E-state index in [-0.39, 0.29) is 17.7 Å². The lowest BCUT2D eigenvalue weighted by atomic mass is 10.0. The average Bonchev–Trinajstić information content (AvgIpc) is 2.38. The van der Waals surface area contributed by atoms with Gasteiger partial charge < -0.3 is 0 Å². The third-order valence-corrected chi connectivity index (χ3v) is 2.64. The van der Waals surface area contributed by atoms with Crippen LogP contribution in [0.3, 0.4) is 0 Å². The number of halogens is 4. The average molecular weight is 283 g/mol. The molecule has 0 aliphatic carbocycles. The van der Waals surface area contributed by atoms with Crippen LogP contribution in [0, 0.1) is 5.82 Å². The number of hydrogen-bond donors (Lipinski definition) is 0. The van der Waals surface area contributed by atoms with Gasteiger partial charge in [-0.1, -0.05) is 18.2 Å². The standard InChI is InChI=1S/C14H9F4NO/c15-11-5-2-6-19-13(11)12(20)8-9-3-1-4-10(7-9)14(16,17)18/h1-7H,8H2. The maximum atomic E-state index is 13.3. The number of benzene rings is 1. The van der Waals surface area contributed by atoms with Gasteiger partial charge in [-0.15, -0.1) is 0 Å². The maximum absolute atomic E-state index is 13.3. The Bertz CT molecular complexity index is 637. The van der Waals surface area contributed by atoms with Gasteiger partial charge in [0.25, 0.3) is 0 Å². The molecule has 20 heavy (non-hydrogen) atoms. The van der Waals surface area contributed by atoms with Crippen molar-refractivity contribution in [2.75, 3.05) is 0 Å². The highest BCUT2D eigenvalue weighted by atomic mass is 19.4. The van der Waals surface area contributed by atoms with Crippen molar-refractivity contribution in [2.24, 2.45) is 0 Å². The summed E-state index contributed by atoms with van der Waals surface area (Å²) in [6.07, 6.45) is -3.56. The molecule has 0 saturated carbocycles. The van der Waals surface area contributed by atoms with E-state index in [4.69, 9.17) is 0 Å². The van der Waals surface area contributed by atoms with Gasteiger partial charge in [-0.3, -0.25) is 9.78 Å². The Balaban J connectivity index is 2.23. The van der Waals surface area contributed by atoms with Gasteiger partial charge in [0.05, 0.1) is 5.56 Å². The first-order valence-corrected chi connectivity index (χ1v) is 5.68. The van der Waals surface area contributed by atoms with Crippen molar-refractivity contribution < 1.29 is 22.4 Å². The van der Waals surface area contributed by atoms with Crippen LogP contribution in [-0.4, -0.2) is 10.8 Å². The van der Waals surface area contributed by atoms with Gasteiger partial charge in [-0.05, 0) is 23.8 Å². The number of alkyl halides is 3. The Hall–Kier alpha value is -2.24. The van der Waals surface area contributed by atoms with Gasteiger partial charge in [-0.2, -0.15) is 13.2 Å². The summed E-state index contributed by atoms with van der Waals surface area (Å²) in [5.41, 5.74) is -1.05. The summed E-state index contributed by atoms with van der Waals surface area (Å²) in [7, 11) is 0. The third kappa shape index (κ3) is 3.20. The van der Waals surface area contributed by atoms with E-state index in [1.54, 1.807) is 0 Å². The maximum Gasteiger partial charge on any atom is 0.416 e. The molecule has 0 fully saturated rings. The number of hydrogen-bond acceptors (Lipinski definition) is 2. The Labute approximate surface area is 112 Å². The fraction of sp³-hybridized carbons (Fsp3) is 0.143. The quantitative estimate of drug-likeness (QED) is 0.635. The molecule has 0 amide bonds. The highest BCUT2D eigenvalue weighted by Gasteiger charge is 2.30. The number of ketones is 1. The first-order valence-electron chi connectivity index (χ1n) is 5.68. The lowest BCUT2D eigenvalue weighted by Crippen LogP contribution is -2.10. The van der Waals surface area contributed by atoms with Crippen LogP contribution in [0.25, 0.3) is 0 Å². The van der Waals surface area contributed by atoms with E-state index < -0.39 is 23.3 Å². The van der Waals surface area contributed by atoms with Crippen LogP contribution in [0.4, 0.5) is 17.6 Å². The molecule has 6 heteroatoms. The smallest absolute Gasteiger partial charge is 0.292 e. The van der Waals surface area contributed by atoms with Crippen molar-refractivity contribution in [3.8, 4) is 0 Å². The second-order valence-electron chi connectivity index (χ2n) is 4.13. The van der Waals surface area contributed by atoms with Crippen molar-refractivity contribution >= 4 is 5.78 Å². The summed E-state index contributed by atoms with van der Waals surface area (Å²) in [5, 5.41) is 0. The van der Waals surface area contributed by atoms with Crippen LogP contribution < -0.4 is 0 Å². The molecule has 2 aromatic rings. The van der Waals surface area contributed by atoms with E-state index in [0.717, 1.165) is 18.2 Å². The highest BCUT2D eigenvalue weighted by molar-refractivity contribution is 5.95. The van der Waals surface area contributed by atoms with E-state index in [9.17, 15) is 22.4 Å². The molecule has 0 aliphatic heterocycles. The number of rotatable bonds is 3. The normalized spacial score (nSPS) is 11.4. The van der Waals surface area contributed by atoms with Crippen LogP contribution in [-0.2, 0) is 12.6 Å². The van der Waals surface area contributed by atoms with Gasteiger partial charge >= 0.3 is 6.18 Å². The lowest BCUT2D eigenvalue weighted by molar-refractivity contribution is -0.137. The van der Waals surface area contributed by atoms with Crippen LogP contribution in [0.5, 0.6) is 0 Å². The molecule has 2 nitrogen and oxygen atoms in total. The molecule has 0 unspecified atom stereocenters. The Morgan fingerprint density at radius 1 is 1.15 bits per heavy atom. The van der Waals surface area contributed by atoms with Gasteiger partial charge in [0.2, 0.25) is 0 Å².